The van der Waals surface area contributed by atoms with Crippen LogP contribution in [0.2, 0.25) is 0 Å². The predicted molar refractivity (Wildman–Crippen MR) is 69.8 cm³/mol. The second-order valence-corrected chi connectivity index (χ2v) is 4.48. The minimum absolute atomic E-state index is 0.287. The first-order valence-corrected chi connectivity index (χ1v) is 6.33. The molecule has 0 spiro atoms. The molecule has 18 heavy (non-hydrogen) atoms. The number of ether oxygens (including phenoxy) is 1. The van der Waals surface area contributed by atoms with Gasteiger partial charge in [-0.15, -0.1) is 0 Å². The standard InChI is InChI=1S/C13H22N2O3/c1-10(2)18-8-4-3-6-14-9-12-11(13(16)17)5-7-15-12/h5,7,10,14-15H,3-4,6,8-9H2,1-2H3,(H,16,17). The highest BCUT2D eigenvalue weighted by Crippen LogP contribution is 2.06. The summed E-state index contributed by atoms with van der Waals surface area (Å²) >= 11 is 0. The average molecular weight is 254 g/mol. The molecule has 0 saturated heterocycles. The van der Waals surface area contributed by atoms with E-state index in [1.165, 1.54) is 0 Å². The van der Waals surface area contributed by atoms with E-state index in [-0.39, 0.29) is 6.10 Å². The number of hydrogen-bond donors (Lipinski definition) is 3. The highest BCUT2D eigenvalue weighted by molar-refractivity contribution is 5.88. The number of aromatic nitrogens is 1. The van der Waals surface area contributed by atoms with Crippen LogP contribution in [-0.2, 0) is 11.3 Å². The molecule has 1 aromatic heterocycles. The van der Waals surface area contributed by atoms with Gasteiger partial charge >= 0.3 is 5.97 Å². The van der Waals surface area contributed by atoms with Crippen molar-refractivity contribution in [3.8, 4) is 0 Å². The van der Waals surface area contributed by atoms with Crippen LogP contribution in [-0.4, -0.2) is 35.3 Å². The maximum absolute atomic E-state index is 10.9. The van der Waals surface area contributed by atoms with Crippen LogP contribution in [0.5, 0.6) is 0 Å². The van der Waals surface area contributed by atoms with Gasteiger partial charge in [-0.25, -0.2) is 4.79 Å². The van der Waals surface area contributed by atoms with Crippen LogP contribution in [0.25, 0.3) is 0 Å². The first-order chi connectivity index (χ1) is 8.61. The third-order valence-corrected chi connectivity index (χ3v) is 2.56. The lowest BCUT2D eigenvalue weighted by atomic mass is 10.2. The maximum atomic E-state index is 10.9. The van der Waals surface area contributed by atoms with Gasteiger partial charge in [-0.1, -0.05) is 0 Å². The van der Waals surface area contributed by atoms with Crippen molar-refractivity contribution < 1.29 is 14.6 Å². The van der Waals surface area contributed by atoms with E-state index in [9.17, 15) is 4.79 Å². The van der Waals surface area contributed by atoms with E-state index in [0.717, 1.165) is 31.7 Å². The zero-order valence-electron chi connectivity index (χ0n) is 11.0. The van der Waals surface area contributed by atoms with E-state index in [2.05, 4.69) is 10.3 Å². The van der Waals surface area contributed by atoms with Gasteiger partial charge in [-0.2, -0.15) is 0 Å². The summed E-state index contributed by atoms with van der Waals surface area (Å²) in [5.41, 5.74) is 1.06. The van der Waals surface area contributed by atoms with Gasteiger partial charge in [0.2, 0.25) is 0 Å². The molecule has 0 aromatic carbocycles. The molecule has 0 unspecified atom stereocenters. The number of carboxylic acids is 1. The Kier molecular flexibility index (Phi) is 6.46. The molecule has 0 atom stereocenters. The number of H-pyrrole nitrogens is 1. The first kappa shape index (κ1) is 14.7. The molecule has 0 saturated carbocycles. The molecule has 0 amide bonds. The summed E-state index contributed by atoms with van der Waals surface area (Å²) in [6, 6.07) is 1.58. The average Bonchev–Trinajstić information content (AvgIpc) is 2.75. The van der Waals surface area contributed by atoms with E-state index in [1.807, 2.05) is 13.8 Å². The molecule has 1 aromatic rings. The lowest BCUT2D eigenvalue weighted by Crippen LogP contribution is -2.17. The van der Waals surface area contributed by atoms with Crippen LogP contribution >= 0.6 is 0 Å². The van der Waals surface area contributed by atoms with Crippen molar-refractivity contribution in [2.24, 2.45) is 0 Å². The van der Waals surface area contributed by atoms with Crippen molar-refractivity contribution in [1.82, 2.24) is 10.3 Å². The summed E-state index contributed by atoms with van der Waals surface area (Å²) in [4.78, 5) is 13.8. The van der Waals surface area contributed by atoms with Gasteiger partial charge in [0, 0.05) is 25.0 Å². The third-order valence-electron chi connectivity index (χ3n) is 2.56. The van der Waals surface area contributed by atoms with Crippen molar-refractivity contribution in [3.63, 3.8) is 0 Å². The summed E-state index contributed by atoms with van der Waals surface area (Å²) in [7, 11) is 0. The molecule has 1 rings (SSSR count). The Morgan fingerprint density at radius 3 is 2.94 bits per heavy atom. The molecule has 0 aliphatic rings. The fourth-order valence-corrected chi connectivity index (χ4v) is 1.64. The van der Waals surface area contributed by atoms with Gasteiger partial charge in [0.1, 0.15) is 0 Å². The Morgan fingerprint density at radius 1 is 1.50 bits per heavy atom. The van der Waals surface area contributed by atoms with Gasteiger partial charge in [-0.05, 0) is 39.3 Å². The van der Waals surface area contributed by atoms with Crippen LogP contribution < -0.4 is 5.32 Å². The number of unbranched alkanes of at least 4 members (excludes halogenated alkanes) is 1. The van der Waals surface area contributed by atoms with Crippen molar-refractivity contribution in [1.29, 1.82) is 0 Å². The fraction of sp³-hybridized carbons (Fsp3) is 0.615. The summed E-state index contributed by atoms with van der Waals surface area (Å²) < 4.78 is 5.43. The predicted octanol–water partition coefficient (Wildman–Crippen LogP) is 2.01. The molecule has 102 valence electrons. The van der Waals surface area contributed by atoms with Gasteiger partial charge in [0.05, 0.1) is 11.7 Å². The van der Waals surface area contributed by atoms with Crippen LogP contribution in [0.15, 0.2) is 12.3 Å². The van der Waals surface area contributed by atoms with Crippen molar-refractivity contribution >= 4 is 5.97 Å². The number of carbonyl (C=O) groups is 1. The molecule has 5 nitrogen and oxygen atoms in total. The largest absolute Gasteiger partial charge is 0.478 e. The van der Waals surface area contributed by atoms with E-state index in [1.54, 1.807) is 12.3 Å². The van der Waals surface area contributed by atoms with E-state index < -0.39 is 5.97 Å². The van der Waals surface area contributed by atoms with Crippen molar-refractivity contribution in [2.45, 2.75) is 39.3 Å². The molecule has 0 radical (unpaired) electrons. The minimum Gasteiger partial charge on any atom is -0.478 e. The van der Waals surface area contributed by atoms with Crippen LogP contribution in [0.4, 0.5) is 0 Å². The monoisotopic (exact) mass is 254 g/mol. The lowest BCUT2D eigenvalue weighted by molar-refractivity contribution is 0.0695. The summed E-state index contributed by atoms with van der Waals surface area (Å²) in [6.07, 6.45) is 3.98. The third kappa shape index (κ3) is 5.33. The van der Waals surface area contributed by atoms with Crippen LogP contribution in [0, 0.1) is 0 Å². The van der Waals surface area contributed by atoms with Crippen molar-refractivity contribution in [3.05, 3.63) is 23.5 Å². The fourth-order valence-electron chi connectivity index (χ4n) is 1.64. The SMILES string of the molecule is CC(C)OCCCCNCc1[nH]ccc1C(=O)O. The number of nitrogens with one attached hydrogen (secondary N) is 2. The summed E-state index contributed by atoms with van der Waals surface area (Å²) in [5, 5.41) is 12.1. The lowest BCUT2D eigenvalue weighted by Gasteiger charge is -2.07. The second kappa shape index (κ2) is 7.89. The minimum atomic E-state index is -0.890. The number of carboxylic acid groups (broad SMARTS) is 1. The first-order valence-electron chi connectivity index (χ1n) is 6.33. The van der Waals surface area contributed by atoms with Gasteiger partial charge < -0.3 is 20.1 Å². The Bertz CT molecular complexity index is 361. The summed E-state index contributed by atoms with van der Waals surface area (Å²) in [6.45, 7) is 6.25. The highest BCUT2D eigenvalue weighted by Gasteiger charge is 2.09. The zero-order chi connectivity index (χ0) is 13.4. The number of hydrogen-bond acceptors (Lipinski definition) is 3. The van der Waals surface area contributed by atoms with Gasteiger partial charge in [-0.3, -0.25) is 0 Å². The normalized spacial score (nSPS) is 11.1. The number of aromatic amines is 1. The van der Waals surface area contributed by atoms with Crippen molar-refractivity contribution in [2.75, 3.05) is 13.2 Å². The molecule has 1 heterocycles. The molecule has 0 aliphatic carbocycles. The number of rotatable bonds is 9. The molecule has 3 N–H and O–H groups in total. The Balaban J connectivity index is 2.11. The quantitative estimate of drug-likeness (QED) is 0.589. The van der Waals surface area contributed by atoms with E-state index >= 15 is 0 Å². The maximum Gasteiger partial charge on any atom is 0.337 e. The van der Waals surface area contributed by atoms with E-state index in [4.69, 9.17) is 9.84 Å². The Labute approximate surface area is 108 Å². The van der Waals surface area contributed by atoms with Gasteiger partial charge in [0.15, 0.2) is 0 Å². The molecule has 0 aliphatic heterocycles. The molecular formula is C13H22N2O3. The molecule has 5 heteroatoms. The zero-order valence-corrected chi connectivity index (χ0v) is 11.0. The molecular weight excluding hydrogens is 232 g/mol. The van der Waals surface area contributed by atoms with E-state index in [0.29, 0.717) is 12.1 Å². The van der Waals surface area contributed by atoms with Gasteiger partial charge in [0.25, 0.3) is 0 Å². The second-order valence-electron chi connectivity index (χ2n) is 4.48. The number of aromatic carboxylic acids is 1. The molecule has 0 fully saturated rings. The summed E-state index contributed by atoms with van der Waals surface area (Å²) in [5.74, 6) is -0.890. The molecule has 0 bridgehead atoms. The Morgan fingerprint density at radius 2 is 2.28 bits per heavy atom. The topological polar surface area (TPSA) is 74.3 Å². The smallest absolute Gasteiger partial charge is 0.337 e. The van der Waals surface area contributed by atoms with Crippen LogP contribution in [0.3, 0.4) is 0 Å². The van der Waals surface area contributed by atoms with Crippen LogP contribution in [0.1, 0.15) is 42.7 Å². The highest BCUT2D eigenvalue weighted by atomic mass is 16.5. The Hall–Kier alpha value is -1.33.